The average Bonchev–Trinajstić information content (AvgIpc) is 2.62. The fourth-order valence-corrected chi connectivity index (χ4v) is 2.36. The quantitative estimate of drug-likeness (QED) is 0.665. The van der Waals surface area contributed by atoms with Crippen LogP contribution < -0.4 is 10.1 Å². The van der Waals surface area contributed by atoms with Crippen LogP contribution in [0.1, 0.15) is 21.5 Å². The van der Waals surface area contributed by atoms with Gasteiger partial charge in [0.1, 0.15) is 12.4 Å². The zero-order chi connectivity index (χ0) is 20.7. The van der Waals surface area contributed by atoms with Crippen LogP contribution in [-0.4, -0.2) is 37.3 Å². The minimum Gasteiger partial charge on any atom is -0.489 e. The predicted octanol–water partition coefficient (Wildman–Crippen LogP) is 3.61. The van der Waals surface area contributed by atoms with E-state index in [4.69, 9.17) is 14.6 Å². The van der Waals surface area contributed by atoms with Crippen molar-refractivity contribution in [3.05, 3.63) is 59.2 Å². The van der Waals surface area contributed by atoms with E-state index in [1.54, 1.807) is 6.07 Å². The number of benzene rings is 2. The number of carbonyl (C=O) groups is 2. The highest BCUT2D eigenvalue weighted by Crippen LogP contribution is 2.35. The zero-order valence-electron chi connectivity index (χ0n) is 14.9. The SMILES string of the molecule is COCCOc1ccc(C(F)(F)F)cc1NC(=O)Cc1cccc(C(=O)O)c1. The second-order valence-corrected chi connectivity index (χ2v) is 5.78. The number of carboxylic acids is 1. The Labute approximate surface area is 158 Å². The van der Waals surface area contributed by atoms with Crippen LogP contribution in [0.5, 0.6) is 5.75 Å². The molecular weight excluding hydrogens is 379 g/mol. The van der Waals surface area contributed by atoms with Crippen LogP contribution in [0.15, 0.2) is 42.5 Å². The Morgan fingerprint density at radius 2 is 1.86 bits per heavy atom. The Hall–Kier alpha value is -3.07. The number of ether oxygens (including phenoxy) is 2. The molecule has 2 rings (SSSR count). The molecule has 0 aliphatic rings. The number of hydrogen-bond donors (Lipinski definition) is 2. The molecule has 28 heavy (non-hydrogen) atoms. The zero-order valence-corrected chi connectivity index (χ0v) is 14.9. The summed E-state index contributed by atoms with van der Waals surface area (Å²) in [6.45, 7) is 0.307. The molecular formula is C19H18F3NO5. The molecule has 0 aromatic heterocycles. The molecule has 2 aromatic rings. The van der Waals surface area contributed by atoms with E-state index in [1.165, 1.54) is 25.3 Å². The van der Waals surface area contributed by atoms with Crippen molar-refractivity contribution in [3.63, 3.8) is 0 Å². The van der Waals surface area contributed by atoms with Gasteiger partial charge in [-0.3, -0.25) is 4.79 Å². The summed E-state index contributed by atoms with van der Waals surface area (Å²) in [4.78, 5) is 23.3. The van der Waals surface area contributed by atoms with Gasteiger partial charge in [0, 0.05) is 7.11 Å². The van der Waals surface area contributed by atoms with E-state index in [9.17, 15) is 22.8 Å². The Bertz CT molecular complexity index is 852. The number of methoxy groups -OCH3 is 1. The lowest BCUT2D eigenvalue weighted by atomic mass is 10.1. The van der Waals surface area contributed by atoms with Gasteiger partial charge in [-0.1, -0.05) is 12.1 Å². The summed E-state index contributed by atoms with van der Waals surface area (Å²) in [6.07, 6.45) is -4.80. The third-order valence-corrected chi connectivity index (χ3v) is 3.66. The Morgan fingerprint density at radius 3 is 2.50 bits per heavy atom. The molecule has 0 saturated carbocycles. The van der Waals surface area contributed by atoms with E-state index in [2.05, 4.69) is 5.32 Å². The monoisotopic (exact) mass is 397 g/mol. The maximum Gasteiger partial charge on any atom is 0.416 e. The molecule has 0 atom stereocenters. The van der Waals surface area contributed by atoms with E-state index in [0.717, 1.165) is 18.2 Å². The van der Waals surface area contributed by atoms with Gasteiger partial charge in [0.2, 0.25) is 5.91 Å². The van der Waals surface area contributed by atoms with Gasteiger partial charge in [-0.2, -0.15) is 13.2 Å². The summed E-state index contributed by atoms with van der Waals surface area (Å²) in [7, 11) is 1.45. The molecule has 150 valence electrons. The first kappa shape index (κ1) is 21.2. The van der Waals surface area contributed by atoms with Gasteiger partial charge < -0.3 is 19.9 Å². The Balaban J connectivity index is 2.20. The van der Waals surface area contributed by atoms with Crippen LogP contribution in [0.3, 0.4) is 0 Å². The maximum atomic E-state index is 13.0. The summed E-state index contributed by atoms with van der Waals surface area (Å²) in [5.41, 5.74) is -0.653. The van der Waals surface area contributed by atoms with Crippen molar-refractivity contribution in [2.75, 3.05) is 25.6 Å². The lowest BCUT2D eigenvalue weighted by molar-refractivity contribution is -0.137. The van der Waals surface area contributed by atoms with E-state index in [-0.39, 0.29) is 36.6 Å². The first-order chi connectivity index (χ1) is 13.2. The first-order valence-electron chi connectivity index (χ1n) is 8.16. The highest BCUT2D eigenvalue weighted by atomic mass is 19.4. The molecule has 0 unspecified atom stereocenters. The third kappa shape index (κ3) is 5.98. The molecule has 0 spiro atoms. The molecule has 9 heteroatoms. The van der Waals surface area contributed by atoms with Crippen LogP contribution in [0.4, 0.5) is 18.9 Å². The van der Waals surface area contributed by atoms with Crippen molar-refractivity contribution in [1.29, 1.82) is 0 Å². The Morgan fingerprint density at radius 1 is 1.11 bits per heavy atom. The van der Waals surface area contributed by atoms with E-state index >= 15 is 0 Å². The normalized spacial score (nSPS) is 11.1. The minimum absolute atomic E-state index is 0.00737. The van der Waals surface area contributed by atoms with Crippen molar-refractivity contribution in [1.82, 2.24) is 0 Å². The van der Waals surface area contributed by atoms with Gasteiger partial charge in [0.25, 0.3) is 0 Å². The fourth-order valence-electron chi connectivity index (χ4n) is 2.36. The van der Waals surface area contributed by atoms with E-state index in [0.29, 0.717) is 5.56 Å². The van der Waals surface area contributed by atoms with Crippen LogP contribution in [0.25, 0.3) is 0 Å². The van der Waals surface area contributed by atoms with Gasteiger partial charge in [-0.05, 0) is 35.9 Å². The molecule has 0 bridgehead atoms. The van der Waals surface area contributed by atoms with E-state index < -0.39 is 23.6 Å². The van der Waals surface area contributed by atoms with Gasteiger partial charge in [0.05, 0.1) is 29.8 Å². The number of aromatic carboxylic acids is 1. The van der Waals surface area contributed by atoms with Gasteiger partial charge >= 0.3 is 12.1 Å². The van der Waals surface area contributed by atoms with Gasteiger partial charge in [-0.15, -0.1) is 0 Å². The molecule has 0 fully saturated rings. The molecule has 1 amide bonds. The summed E-state index contributed by atoms with van der Waals surface area (Å²) < 4.78 is 49.1. The minimum atomic E-state index is -4.58. The Kier molecular flexibility index (Phi) is 7.00. The van der Waals surface area contributed by atoms with Crippen molar-refractivity contribution in [2.24, 2.45) is 0 Å². The van der Waals surface area contributed by atoms with Gasteiger partial charge in [-0.25, -0.2) is 4.79 Å². The molecule has 0 aliphatic carbocycles. The molecule has 2 N–H and O–H groups in total. The number of amides is 1. The number of carbonyl (C=O) groups excluding carboxylic acids is 1. The number of anilines is 1. The van der Waals surface area contributed by atoms with Crippen LogP contribution >= 0.6 is 0 Å². The van der Waals surface area contributed by atoms with Crippen LogP contribution in [0, 0.1) is 0 Å². The average molecular weight is 397 g/mol. The number of rotatable bonds is 8. The van der Waals surface area contributed by atoms with Crippen molar-refractivity contribution < 1.29 is 37.3 Å². The topological polar surface area (TPSA) is 84.9 Å². The molecule has 6 nitrogen and oxygen atoms in total. The first-order valence-corrected chi connectivity index (χ1v) is 8.16. The number of alkyl halides is 3. The highest BCUT2D eigenvalue weighted by Gasteiger charge is 2.31. The summed E-state index contributed by atoms with van der Waals surface area (Å²) in [5, 5.41) is 11.4. The van der Waals surface area contributed by atoms with Crippen molar-refractivity contribution in [2.45, 2.75) is 12.6 Å². The number of hydrogen-bond acceptors (Lipinski definition) is 4. The highest BCUT2D eigenvalue weighted by molar-refractivity contribution is 5.94. The van der Waals surface area contributed by atoms with E-state index in [1.807, 2.05) is 0 Å². The van der Waals surface area contributed by atoms with Crippen LogP contribution in [-0.2, 0) is 22.1 Å². The maximum absolute atomic E-state index is 13.0. The molecule has 2 aromatic carbocycles. The summed E-state index contributed by atoms with van der Waals surface area (Å²) in [5.74, 6) is -1.69. The van der Waals surface area contributed by atoms with Gasteiger partial charge in [0.15, 0.2) is 0 Å². The lowest BCUT2D eigenvalue weighted by Gasteiger charge is -2.15. The second-order valence-electron chi connectivity index (χ2n) is 5.78. The standard InChI is InChI=1S/C19H18F3NO5/c1-27-7-8-28-16-6-5-14(19(20,21)22)11-15(16)23-17(24)10-12-3-2-4-13(9-12)18(25)26/h2-6,9,11H,7-8,10H2,1H3,(H,23,24)(H,25,26). The van der Waals surface area contributed by atoms with Crippen molar-refractivity contribution in [3.8, 4) is 5.75 Å². The second kappa shape index (κ2) is 9.23. The molecule has 0 saturated heterocycles. The number of halogens is 3. The third-order valence-electron chi connectivity index (χ3n) is 3.66. The summed E-state index contributed by atoms with van der Waals surface area (Å²) >= 11 is 0. The van der Waals surface area contributed by atoms with Crippen molar-refractivity contribution >= 4 is 17.6 Å². The molecule has 0 aliphatic heterocycles. The largest absolute Gasteiger partial charge is 0.489 e. The smallest absolute Gasteiger partial charge is 0.416 e. The number of carboxylic acid groups (broad SMARTS) is 1. The molecule has 0 radical (unpaired) electrons. The van der Waals surface area contributed by atoms with Crippen LogP contribution in [0.2, 0.25) is 0 Å². The lowest BCUT2D eigenvalue weighted by Crippen LogP contribution is -2.17. The fraction of sp³-hybridized carbons (Fsp3) is 0.263. The predicted molar refractivity (Wildman–Crippen MR) is 94.6 cm³/mol. The molecule has 0 heterocycles. The number of nitrogens with one attached hydrogen (secondary N) is 1. The summed E-state index contributed by atoms with van der Waals surface area (Å²) in [6, 6.07) is 8.49.